The Labute approximate surface area is 222 Å². The Morgan fingerprint density at radius 2 is 1.71 bits per heavy atom. The summed E-state index contributed by atoms with van der Waals surface area (Å²) in [6, 6.07) is 21.5. The van der Waals surface area contributed by atoms with E-state index in [0.29, 0.717) is 41.6 Å². The van der Waals surface area contributed by atoms with Gasteiger partial charge in [-0.3, -0.25) is 0 Å². The molecule has 0 spiro atoms. The fraction of sp³-hybridized carbons (Fsp3) is 0.226. The molecule has 0 radical (unpaired) electrons. The lowest BCUT2D eigenvalue weighted by Gasteiger charge is -2.26. The van der Waals surface area contributed by atoms with Crippen LogP contribution in [0.5, 0.6) is 23.0 Å². The Bertz CT molecular complexity index is 1350. The van der Waals surface area contributed by atoms with Gasteiger partial charge >= 0.3 is 5.97 Å². The molecule has 0 aliphatic carbocycles. The molecule has 1 heterocycles. The van der Waals surface area contributed by atoms with Crippen LogP contribution in [0.4, 0.5) is 0 Å². The normalized spacial score (nSPS) is 14.1. The molecule has 0 aromatic heterocycles. The van der Waals surface area contributed by atoms with E-state index in [0.717, 1.165) is 36.1 Å². The van der Waals surface area contributed by atoms with Gasteiger partial charge in [0.15, 0.2) is 0 Å². The molecule has 3 aromatic carbocycles. The molecule has 0 saturated carbocycles. The first-order valence-electron chi connectivity index (χ1n) is 12.5. The topological polar surface area (TPSA) is 104 Å². The molecule has 0 bridgehead atoms. The van der Waals surface area contributed by atoms with Crippen molar-refractivity contribution in [3.05, 3.63) is 108 Å². The number of nitrogens with zero attached hydrogens (tertiary/aromatic N) is 1. The van der Waals surface area contributed by atoms with Gasteiger partial charge < -0.3 is 24.7 Å². The van der Waals surface area contributed by atoms with Gasteiger partial charge in [0.05, 0.1) is 18.1 Å². The largest absolute Gasteiger partial charge is 0.494 e. The summed E-state index contributed by atoms with van der Waals surface area (Å²) in [5, 5.41) is 9.83. The third kappa shape index (κ3) is 6.16. The van der Waals surface area contributed by atoms with Crippen LogP contribution in [0.1, 0.15) is 53.6 Å². The number of hydrogen-bond acceptors (Lipinski definition) is 7. The lowest BCUT2D eigenvalue weighted by molar-refractivity contribution is 0.0734. The van der Waals surface area contributed by atoms with Gasteiger partial charge in [0, 0.05) is 11.6 Å². The number of nitrogens with two attached hydrogens (primary N) is 1. The van der Waals surface area contributed by atoms with Gasteiger partial charge in [0.2, 0.25) is 5.88 Å². The van der Waals surface area contributed by atoms with Crippen molar-refractivity contribution in [2.45, 2.75) is 32.1 Å². The molecule has 7 heteroatoms. The molecule has 194 valence electrons. The fourth-order valence-electron chi connectivity index (χ4n) is 4.15. The highest BCUT2D eigenvalue weighted by molar-refractivity contribution is 5.91. The van der Waals surface area contributed by atoms with E-state index >= 15 is 0 Å². The smallest absolute Gasteiger partial charge is 0.343 e. The van der Waals surface area contributed by atoms with Crippen molar-refractivity contribution < 1.29 is 23.7 Å². The van der Waals surface area contributed by atoms with E-state index < -0.39 is 11.9 Å². The first kappa shape index (κ1) is 26.4. The summed E-state index contributed by atoms with van der Waals surface area (Å²) in [7, 11) is 0. The average molecular weight is 511 g/mol. The van der Waals surface area contributed by atoms with Crippen LogP contribution in [0.2, 0.25) is 0 Å². The van der Waals surface area contributed by atoms with E-state index in [-0.39, 0.29) is 5.88 Å². The van der Waals surface area contributed by atoms with Gasteiger partial charge in [-0.05, 0) is 54.4 Å². The molecule has 4 rings (SSSR count). The summed E-state index contributed by atoms with van der Waals surface area (Å²) in [6.45, 7) is 6.81. The van der Waals surface area contributed by atoms with Gasteiger partial charge in [-0.1, -0.05) is 50.6 Å². The summed E-state index contributed by atoms with van der Waals surface area (Å²) in [4.78, 5) is 12.7. The highest BCUT2D eigenvalue weighted by Gasteiger charge is 2.31. The van der Waals surface area contributed by atoms with E-state index in [1.807, 2.05) is 24.3 Å². The second kappa shape index (κ2) is 12.5. The van der Waals surface area contributed by atoms with Gasteiger partial charge in [0.25, 0.3) is 0 Å². The van der Waals surface area contributed by atoms with E-state index in [9.17, 15) is 10.1 Å². The molecule has 0 saturated heterocycles. The van der Waals surface area contributed by atoms with Crippen LogP contribution in [-0.4, -0.2) is 19.2 Å². The van der Waals surface area contributed by atoms with Crippen LogP contribution in [0.25, 0.3) is 0 Å². The minimum Gasteiger partial charge on any atom is -0.494 e. The number of allylic oxidation sites excluding steroid dienone is 1. The van der Waals surface area contributed by atoms with Gasteiger partial charge in [0.1, 0.15) is 41.2 Å². The van der Waals surface area contributed by atoms with Gasteiger partial charge in [-0.2, -0.15) is 5.26 Å². The zero-order chi connectivity index (χ0) is 26.9. The first-order valence-corrected chi connectivity index (χ1v) is 12.5. The quantitative estimate of drug-likeness (QED) is 0.141. The molecular weight excluding hydrogens is 480 g/mol. The number of ether oxygens (including phenoxy) is 4. The summed E-state index contributed by atoms with van der Waals surface area (Å²) < 4.78 is 22.6. The third-order valence-electron chi connectivity index (χ3n) is 6.09. The summed E-state index contributed by atoms with van der Waals surface area (Å²) in [5.74, 6) is 1.18. The van der Waals surface area contributed by atoms with E-state index in [1.165, 1.54) is 0 Å². The van der Waals surface area contributed by atoms with Crippen molar-refractivity contribution in [2.24, 2.45) is 5.73 Å². The number of benzene rings is 3. The van der Waals surface area contributed by atoms with Crippen LogP contribution in [0.15, 0.2) is 90.8 Å². The lowest BCUT2D eigenvalue weighted by atomic mass is 9.83. The molecule has 3 aromatic rings. The zero-order valence-electron chi connectivity index (χ0n) is 21.3. The van der Waals surface area contributed by atoms with Crippen molar-refractivity contribution in [3.8, 4) is 29.1 Å². The predicted molar refractivity (Wildman–Crippen MR) is 144 cm³/mol. The van der Waals surface area contributed by atoms with Crippen molar-refractivity contribution >= 4 is 5.97 Å². The molecule has 1 unspecified atom stereocenters. The number of esters is 1. The number of carbonyl (C=O) groups is 1. The molecule has 38 heavy (non-hydrogen) atoms. The predicted octanol–water partition coefficient (Wildman–Crippen LogP) is 6.26. The van der Waals surface area contributed by atoms with Crippen molar-refractivity contribution in [2.75, 3.05) is 13.2 Å². The lowest BCUT2D eigenvalue weighted by Crippen LogP contribution is -2.21. The van der Waals surface area contributed by atoms with Crippen molar-refractivity contribution in [1.29, 1.82) is 5.26 Å². The minimum absolute atomic E-state index is 0.0171. The van der Waals surface area contributed by atoms with Crippen molar-refractivity contribution in [3.63, 3.8) is 0 Å². The summed E-state index contributed by atoms with van der Waals surface area (Å²) >= 11 is 0. The number of rotatable bonds is 11. The van der Waals surface area contributed by atoms with Crippen molar-refractivity contribution in [1.82, 2.24) is 0 Å². The van der Waals surface area contributed by atoms with Crippen LogP contribution in [-0.2, 0) is 0 Å². The van der Waals surface area contributed by atoms with Crippen LogP contribution in [0, 0.1) is 11.3 Å². The van der Waals surface area contributed by atoms with Gasteiger partial charge in [-0.25, -0.2) is 4.79 Å². The molecular formula is C31H30N2O5. The fourth-order valence-corrected chi connectivity index (χ4v) is 4.15. The Balaban J connectivity index is 1.52. The first-order chi connectivity index (χ1) is 18.5. The van der Waals surface area contributed by atoms with Crippen LogP contribution in [0.3, 0.4) is 0 Å². The highest BCUT2D eigenvalue weighted by Crippen LogP contribution is 2.43. The Kier molecular flexibility index (Phi) is 8.68. The maximum atomic E-state index is 12.7. The second-order valence-electron chi connectivity index (χ2n) is 8.76. The molecule has 0 amide bonds. The molecule has 0 fully saturated rings. The summed E-state index contributed by atoms with van der Waals surface area (Å²) in [5.41, 5.74) is 8.44. The molecule has 2 N–H and O–H groups in total. The van der Waals surface area contributed by atoms with Gasteiger partial charge in [-0.15, -0.1) is 0 Å². The average Bonchev–Trinajstić information content (AvgIpc) is 2.94. The molecule has 1 aliphatic heterocycles. The maximum Gasteiger partial charge on any atom is 0.343 e. The minimum atomic E-state index is -0.525. The van der Waals surface area contributed by atoms with E-state index in [2.05, 4.69) is 19.6 Å². The monoisotopic (exact) mass is 510 g/mol. The number of fused-ring (bicyclic) bond motifs is 1. The van der Waals surface area contributed by atoms with Crippen LogP contribution >= 0.6 is 0 Å². The third-order valence-corrected chi connectivity index (χ3v) is 6.09. The molecule has 7 nitrogen and oxygen atoms in total. The number of nitriles is 1. The van der Waals surface area contributed by atoms with E-state index in [4.69, 9.17) is 24.7 Å². The number of hydrogen-bond donors (Lipinski definition) is 1. The van der Waals surface area contributed by atoms with Crippen LogP contribution < -0.4 is 24.7 Å². The number of carbonyl (C=O) groups excluding carboxylic acids is 1. The summed E-state index contributed by atoms with van der Waals surface area (Å²) in [6.07, 6.45) is 4.91. The second-order valence-corrected chi connectivity index (χ2v) is 8.76. The zero-order valence-corrected chi connectivity index (χ0v) is 21.3. The standard InChI is InChI=1S/C31H30N2O5/c1-3-5-6-18-36-24-11-7-21(8-12-24)29-26-16-15-25(19-28(26)38-30(33)27(29)20-32)37-31(34)22-9-13-23(14-10-22)35-17-4-2/h4,7-16,19,29H,2-3,5-6,17-18,33H2,1H3. The molecule has 1 atom stereocenters. The van der Waals surface area contributed by atoms with E-state index in [1.54, 1.807) is 48.5 Å². The Morgan fingerprint density at radius 1 is 1.03 bits per heavy atom. The Morgan fingerprint density at radius 3 is 2.39 bits per heavy atom. The maximum absolute atomic E-state index is 12.7. The highest BCUT2D eigenvalue weighted by atomic mass is 16.5. The number of unbranched alkanes of at least 4 members (excludes halogenated alkanes) is 2. The SMILES string of the molecule is C=CCOc1ccc(C(=O)Oc2ccc3c(c2)OC(N)=C(C#N)C3c2ccc(OCCCCC)cc2)cc1. The molecule has 1 aliphatic rings. The Hall–Kier alpha value is -4.70.